The Kier molecular flexibility index (Phi) is 5.03. The summed E-state index contributed by atoms with van der Waals surface area (Å²) in [4.78, 5) is 26.3. The first-order valence-corrected chi connectivity index (χ1v) is 6.93. The number of ether oxygens (including phenoxy) is 2. The Labute approximate surface area is 124 Å². The summed E-state index contributed by atoms with van der Waals surface area (Å²) in [5, 5.41) is 0. The molecule has 1 heterocycles. The number of nitrogens with zero attached hydrogens (tertiary/aromatic N) is 2. The summed E-state index contributed by atoms with van der Waals surface area (Å²) in [7, 11) is 1.60. The lowest BCUT2D eigenvalue weighted by atomic mass is 10.2. The molecule has 1 atom stereocenters. The van der Waals surface area contributed by atoms with E-state index in [1.165, 1.54) is 0 Å². The van der Waals surface area contributed by atoms with E-state index < -0.39 is 6.10 Å². The van der Waals surface area contributed by atoms with Crippen molar-refractivity contribution in [1.29, 1.82) is 0 Å². The molecule has 0 unspecified atom stereocenters. The Morgan fingerprint density at radius 3 is 2.24 bits per heavy atom. The van der Waals surface area contributed by atoms with Crippen molar-refractivity contribution in [3.63, 3.8) is 0 Å². The van der Waals surface area contributed by atoms with Gasteiger partial charge in [-0.3, -0.25) is 9.59 Å². The van der Waals surface area contributed by atoms with Crippen LogP contribution < -0.4 is 9.47 Å². The SMILES string of the molecule is COc1ccc(O[C@@H](C)C(=O)N2CCN(C=O)CC2)cc1. The molecule has 1 aliphatic rings. The number of carbonyl (C=O) groups is 2. The molecule has 2 rings (SSSR count). The second-order valence-corrected chi connectivity index (χ2v) is 4.90. The summed E-state index contributed by atoms with van der Waals surface area (Å²) >= 11 is 0. The molecule has 1 aromatic rings. The Hall–Kier alpha value is -2.24. The molecule has 0 saturated carbocycles. The second kappa shape index (κ2) is 6.97. The van der Waals surface area contributed by atoms with E-state index in [1.807, 2.05) is 0 Å². The Morgan fingerprint density at radius 2 is 1.71 bits per heavy atom. The molecule has 2 amide bonds. The van der Waals surface area contributed by atoms with E-state index in [4.69, 9.17) is 9.47 Å². The number of rotatable bonds is 5. The third kappa shape index (κ3) is 3.87. The lowest BCUT2D eigenvalue weighted by Crippen LogP contribution is -2.51. The van der Waals surface area contributed by atoms with E-state index in [2.05, 4.69) is 0 Å². The van der Waals surface area contributed by atoms with E-state index in [-0.39, 0.29) is 5.91 Å². The zero-order valence-electron chi connectivity index (χ0n) is 12.3. The van der Waals surface area contributed by atoms with Crippen LogP contribution in [0.1, 0.15) is 6.92 Å². The van der Waals surface area contributed by atoms with Crippen LogP contribution in [0.3, 0.4) is 0 Å². The quantitative estimate of drug-likeness (QED) is 0.752. The van der Waals surface area contributed by atoms with Gasteiger partial charge in [-0.25, -0.2) is 0 Å². The molecule has 0 N–H and O–H groups in total. The standard InChI is InChI=1S/C15H20N2O4/c1-12(21-14-5-3-13(20-2)4-6-14)15(19)17-9-7-16(11-18)8-10-17/h3-6,11-12H,7-10H2,1-2H3/t12-/m0/s1. The van der Waals surface area contributed by atoms with Gasteiger partial charge in [0.15, 0.2) is 6.10 Å². The highest BCUT2D eigenvalue weighted by molar-refractivity contribution is 5.81. The van der Waals surface area contributed by atoms with Gasteiger partial charge < -0.3 is 19.3 Å². The van der Waals surface area contributed by atoms with Gasteiger partial charge >= 0.3 is 0 Å². The highest BCUT2D eigenvalue weighted by atomic mass is 16.5. The van der Waals surface area contributed by atoms with E-state index in [1.54, 1.807) is 48.1 Å². The van der Waals surface area contributed by atoms with Crippen LogP contribution in [0.25, 0.3) is 0 Å². The molecule has 0 aromatic heterocycles. The summed E-state index contributed by atoms with van der Waals surface area (Å²) in [6.07, 6.45) is 0.264. The van der Waals surface area contributed by atoms with Crippen LogP contribution in [0.15, 0.2) is 24.3 Å². The fourth-order valence-electron chi connectivity index (χ4n) is 2.21. The van der Waals surface area contributed by atoms with Gasteiger partial charge in [-0.1, -0.05) is 0 Å². The van der Waals surface area contributed by atoms with Gasteiger partial charge in [0.2, 0.25) is 6.41 Å². The van der Waals surface area contributed by atoms with Crippen LogP contribution in [0.4, 0.5) is 0 Å². The summed E-state index contributed by atoms with van der Waals surface area (Å²) in [6, 6.07) is 7.12. The Balaban J connectivity index is 1.88. The first-order valence-electron chi connectivity index (χ1n) is 6.93. The maximum absolute atomic E-state index is 12.3. The van der Waals surface area contributed by atoms with Gasteiger partial charge in [0.1, 0.15) is 11.5 Å². The van der Waals surface area contributed by atoms with Crippen molar-refractivity contribution in [1.82, 2.24) is 9.80 Å². The monoisotopic (exact) mass is 292 g/mol. The zero-order valence-corrected chi connectivity index (χ0v) is 12.3. The number of methoxy groups -OCH3 is 1. The van der Waals surface area contributed by atoms with Crippen LogP contribution >= 0.6 is 0 Å². The minimum absolute atomic E-state index is 0.0589. The van der Waals surface area contributed by atoms with Crippen molar-refractivity contribution in [2.45, 2.75) is 13.0 Å². The minimum atomic E-state index is -0.554. The minimum Gasteiger partial charge on any atom is -0.497 e. The highest BCUT2D eigenvalue weighted by Crippen LogP contribution is 2.18. The predicted molar refractivity (Wildman–Crippen MR) is 77.3 cm³/mol. The lowest BCUT2D eigenvalue weighted by Gasteiger charge is -2.33. The second-order valence-electron chi connectivity index (χ2n) is 4.90. The molecule has 0 spiro atoms. The zero-order chi connectivity index (χ0) is 15.2. The van der Waals surface area contributed by atoms with Gasteiger partial charge in [-0.15, -0.1) is 0 Å². The highest BCUT2D eigenvalue weighted by Gasteiger charge is 2.25. The van der Waals surface area contributed by atoms with Crippen LogP contribution in [-0.2, 0) is 9.59 Å². The number of hydrogen-bond acceptors (Lipinski definition) is 4. The number of piperazine rings is 1. The van der Waals surface area contributed by atoms with Gasteiger partial charge in [0.25, 0.3) is 5.91 Å². The van der Waals surface area contributed by atoms with Crippen LogP contribution in [-0.4, -0.2) is 61.5 Å². The van der Waals surface area contributed by atoms with Crippen molar-refractivity contribution in [2.75, 3.05) is 33.3 Å². The van der Waals surface area contributed by atoms with Crippen molar-refractivity contribution in [2.24, 2.45) is 0 Å². The average Bonchev–Trinajstić information content (AvgIpc) is 2.55. The lowest BCUT2D eigenvalue weighted by molar-refractivity contribution is -0.141. The third-order valence-electron chi connectivity index (χ3n) is 3.50. The summed E-state index contributed by atoms with van der Waals surface area (Å²) in [5.41, 5.74) is 0. The van der Waals surface area contributed by atoms with E-state index in [9.17, 15) is 9.59 Å². The molecule has 1 aliphatic heterocycles. The van der Waals surface area contributed by atoms with Crippen molar-refractivity contribution < 1.29 is 19.1 Å². The van der Waals surface area contributed by atoms with Gasteiger partial charge in [-0.2, -0.15) is 0 Å². The average molecular weight is 292 g/mol. The van der Waals surface area contributed by atoms with Crippen LogP contribution in [0.2, 0.25) is 0 Å². The Bertz CT molecular complexity index is 481. The maximum atomic E-state index is 12.3. The Morgan fingerprint density at radius 1 is 1.14 bits per heavy atom. The van der Waals surface area contributed by atoms with Gasteiger partial charge in [0, 0.05) is 26.2 Å². The first kappa shape index (κ1) is 15.2. The third-order valence-corrected chi connectivity index (χ3v) is 3.50. The van der Waals surface area contributed by atoms with Crippen molar-refractivity contribution in [3.05, 3.63) is 24.3 Å². The largest absolute Gasteiger partial charge is 0.497 e. The number of hydrogen-bond donors (Lipinski definition) is 0. The van der Waals surface area contributed by atoms with Crippen LogP contribution in [0.5, 0.6) is 11.5 Å². The molecule has 1 fully saturated rings. The molecule has 0 bridgehead atoms. The molecule has 1 aromatic carbocycles. The van der Waals surface area contributed by atoms with E-state index in [0.29, 0.717) is 31.9 Å². The summed E-state index contributed by atoms with van der Waals surface area (Å²) in [5.74, 6) is 1.31. The topological polar surface area (TPSA) is 59.1 Å². The molecular weight excluding hydrogens is 272 g/mol. The molecule has 21 heavy (non-hydrogen) atoms. The fourth-order valence-corrected chi connectivity index (χ4v) is 2.21. The van der Waals surface area contributed by atoms with Crippen molar-refractivity contribution in [3.8, 4) is 11.5 Å². The molecule has 0 aliphatic carbocycles. The maximum Gasteiger partial charge on any atom is 0.263 e. The molecule has 6 nitrogen and oxygen atoms in total. The molecule has 6 heteroatoms. The molecular formula is C15H20N2O4. The summed E-state index contributed by atoms with van der Waals surface area (Å²) < 4.78 is 10.7. The van der Waals surface area contributed by atoms with E-state index >= 15 is 0 Å². The number of amides is 2. The summed E-state index contributed by atoms with van der Waals surface area (Å²) in [6.45, 7) is 3.98. The van der Waals surface area contributed by atoms with Gasteiger partial charge in [0.05, 0.1) is 7.11 Å². The van der Waals surface area contributed by atoms with Gasteiger partial charge in [-0.05, 0) is 31.2 Å². The molecule has 114 valence electrons. The molecule has 0 radical (unpaired) electrons. The normalized spacial score (nSPS) is 16.3. The smallest absolute Gasteiger partial charge is 0.263 e. The fraction of sp³-hybridized carbons (Fsp3) is 0.467. The van der Waals surface area contributed by atoms with Crippen molar-refractivity contribution >= 4 is 12.3 Å². The molecule has 1 saturated heterocycles. The predicted octanol–water partition coefficient (Wildman–Crippen LogP) is 0.763. The first-order chi connectivity index (χ1) is 10.1. The van der Waals surface area contributed by atoms with Crippen LogP contribution in [0, 0.1) is 0 Å². The number of benzene rings is 1. The number of carbonyl (C=O) groups excluding carboxylic acids is 2. The van der Waals surface area contributed by atoms with E-state index in [0.717, 1.165) is 12.2 Å².